The third-order valence-electron chi connectivity index (χ3n) is 3.60. The zero-order chi connectivity index (χ0) is 17.7. The van der Waals surface area contributed by atoms with Crippen LogP contribution in [0.15, 0.2) is 40.9 Å². The third-order valence-corrected chi connectivity index (χ3v) is 6.83. The molecule has 0 atom stereocenters. The van der Waals surface area contributed by atoms with Crippen LogP contribution in [0.25, 0.3) is 0 Å². The Hall–Kier alpha value is -1.25. The Kier molecular flexibility index (Phi) is 6.53. The van der Waals surface area contributed by atoms with Gasteiger partial charge in [0.05, 0.1) is 9.66 Å². The van der Waals surface area contributed by atoms with Gasteiger partial charge in [-0.15, -0.1) is 0 Å². The highest BCUT2D eigenvalue weighted by Crippen LogP contribution is 2.28. The van der Waals surface area contributed by atoms with Crippen molar-refractivity contribution in [3.05, 3.63) is 57.8 Å². The number of ether oxygens (including phenoxy) is 1. The molecule has 0 amide bonds. The van der Waals surface area contributed by atoms with Gasteiger partial charge in [0.25, 0.3) is 0 Å². The second kappa shape index (κ2) is 8.22. The molecule has 0 aliphatic rings. The van der Waals surface area contributed by atoms with Crippen LogP contribution in [0.3, 0.4) is 0 Å². The molecule has 0 aliphatic heterocycles. The van der Waals surface area contributed by atoms with E-state index in [1.807, 2.05) is 19.1 Å². The number of benzene rings is 2. The molecule has 4 nitrogen and oxygen atoms in total. The smallest absolute Gasteiger partial charge is 0.488 e. The highest BCUT2D eigenvalue weighted by atomic mass is 79.9. The summed E-state index contributed by atoms with van der Waals surface area (Å²) in [5, 5.41) is 0.721. The maximum atomic E-state index is 13.3. The van der Waals surface area contributed by atoms with E-state index in [1.165, 1.54) is 12.1 Å². The van der Waals surface area contributed by atoms with Crippen LogP contribution in [0.5, 0.6) is 5.75 Å². The molecule has 0 spiro atoms. The van der Waals surface area contributed by atoms with Crippen LogP contribution in [0.4, 0.5) is 4.39 Å². The van der Waals surface area contributed by atoms with Gasteiger partial charge in [0, 0.05) is 21.3 Å². The molecule has 0 aromatic heterocycles. The predicted molar refractivity (Wildman–Crippen MR) is 96.0 cm³/mol. The fourth-order valence-corrected chi connectivity index (χ4v) is 5.39. The van der Waals surface area contributed by atoms with Crippen LogP contribution < -0.4 is 9.92 Å². The summed E-state index contributed by atoms with van der Waals surface area (Å²) in [4.78, 5) is 0. The number of hydrogen-bond acceptors (Lipinski definition) is 4. The second-order valence-corrected chi connectivity index (χ2v) is 8.94. The van der Waals surface area contributed by atoms with Gasteiger partial charge in [-0.25, -0.2) is 4.39 Å². The molecule has 24 heavy (non-hydrogen) atoms. The predicted octanol–water partition coefficient (Wildman–Crippen LogP) is 3.56. The zero-order valence-corrected chi connectivity index (χ0v) is 16.6. The minimum absolute atomic E-state index is 0.216. The Labute approximate surface area is 151 Å². The van der Waals surface area contributed by atoms with E-state index >= 15 is 0 Å². The van der Waals surface area contributed by atoms with Gasteiger partial charge in [0.1, 0.15) is 18.2 Å². The number of halogens is 2. The van der Waals surface area contributed by atoms with Gasteiger partial charge in [-0.3, -0.25) is 0 Å². The summed E-state index contributed by atoms with van der Waals surface area (Å²) >= 11 is 3.52. The molecular weight excluding hydrogens is 395 g/mol. The van der Waals surface area contributed by atoms with Crippen LogP contribution in [-0.4, -0.2) is 30.1 Å². The van der Waals surface area contributed by atoms with Crippen LogP contribution in [0, 0.1) is 12.7 Å². The lowest BCUT2D eigenvalue weighted by Gasteiger charge is -2.27. The molecule has 0 saturated heterocycles. The second-order valence-electron chi connectivity index (χ2n) is 5.21. The Balaban J connectivity index is 2.41. The molecule has 130 valence electrons. The lowest BCUT2D eigenvalue weighted by atomic mass is 10.2. The van der Waals surface area contributed by atoms with E-state index in [-0.39, 0.29) is 12.4 Å². The Morgan fingerprint density at radius 3 is 2.29 bits per heavy atom. The molecule has 7 heteroatoms. The summed E-state index contributed by atoms with van der Waals surface area (Å²) < 4.78 is 36.8. The van der Waals surface area contributed by atoms with Crippen molar-refractivity contribution < 1.29 is 22.4 Å². The van der Waals surface area contributed by atoms with Gasteiger partial charge in [-0.1, -0.05) is 12.1 Å². The average molecular weight is 415 g/mol. The summed E-state index contributed by atoms with van der Waals surface area (Å²) in [5.41, 5.74) is 1.74. The first-order valence-electron chi connectivity index (χ1n) is 7.29. The van der Waals surface area contributed by atoms with Crippen molar-refractivity contribution in [1.82, 2.24) is 0 Å². The van der Waals surface area contributed by atoms with Crippen molar-refractivity contribution in [2.75, 3.05) is 21.3 Å². The molecule has 2 rings (SSSR count). The first-order valence-corrected chi connectivity index (χ1v) is 9.81. The molecule has 0 saturated carbocycles. The minimum Gasteiger partial charge on any atom is -0.488 e. The standard InChI is InChI=1S/C17H20BrFO4Si/c1-12-8-15(18)17(16(9-12)24(20-2,21-3)22-4)23-11-13-6-5-7-14(19)10-13/h5-10H,11H2,1-4H3. The van der Waals surface area contributed by atoms with Gasteiger partial charge < -0.3 is 18.0 Å². The van der Waals surface area contributed by atoms with E-state index in [2.05, 4.69) is 15.9 Å². The molecule has 0 radical (unpaired) electrons. The average Bonchev–Trinajstić information content (AvgIpc) is 2.56. The largest absolute Gasteiger partial charge is 0.540 e. The first-order chi connectivity index (χ1) is 11.5. The molecule has 0 N–H and O–H groups in total. The van der Waals surface area contributed by atoms with Crippen LogP contribution in [-0.2, 0) is 19.9 Å². The van der Waals surface area contributed by atoms with Crippen LogP contribution in [0.2, 0.25) is 0 Å². The maximum absolute atomic E-state index is 13.3. The lowest BCUT2D eigenvalue weighted by molar-refractivity contribution is 0.139. The topological polar surface area (TPSA) is 36.9 Å². The van der Waals surface area contributed by atoms with E-state index in [1.54, 1.807) is 33.5 Å². The molecule has 0 aliphatic carbocycles. The molecule has 0 bridgehead atoms. The number of rotatable bonds is 7. The third kappa shape index (κ3) is 4.04. The molecule has 0 unspecified atom stereocenters. The van der Waals surface area contributed by atoms with Crippen molar-refractivity contribution in [2.24, 2.45) is 0 Å². The highest BCUT2D eigenvalue weighted by molar-refractivity contribution is 9.10. The van der Waals surface area contributed by atoms with E-state index in [9.17, 15) is 4.39 Å². The fraction of sp³-hybridized carbons (Fsp3) is 0.294. The molecular formula is C17H20BrFO4Si. The van der Waals surface area contributed by atoms with E-state index in [0.717, 1.165) is 20.8 Å². The normalized spacial score (nSPS) is 11.6. The van der Waals surface area contributed by atoms with E-state index < -0.39 is 8.80 Å². The summed E-state index contributed by atoms with van der Waals surface area (Å²) in [7, 11) is 1.56. The summed E-state index contributed by atoms with van der Waals surface area (Å²) in [6, 6.07) is 10.2. The van der Waals surface area contributed by atoms with E-state index in [4.69, 9.17) is 18.0 Å². The SMILES string of the molecule is CO[Si](OC)(OC)c1cc(C)cc(Br)c1OCc1cccc(F)c1. The van der Waals surface area contributed by atoms with Crippen LogP contribution in [0.1, 0.15) is 11.1 Å². The summed E-state index contributed by atoms with van der Waals surface area (Å²) in [6.07, 6.45) is 0. The van der Waals surface area contributed by atoms with E-state index in [0.29, 0.717) is 5.75 Å². The van der Waals surface area contributed by atoms with Crippen molar-refractivity contribution >= 4 is 29.9 Å². The van der Waals surface area contributed by atoms with Crippen LogP contribution >= 0.6 is 15.9 Å². The van der Waals surface area contributed by atoms with Gasteiger partial charge in [0.2, 0.25) is 0 Å². The summed E-state index contributed by atoms with van der Waals surface area (Å²) in [6.45, 7) is 2.18. The Morgan fingerprint density at radius 2 is 1.71 bits per heavy atom. The van der Waals surface area contributed by atoms with Crippen molar-refractivity contribution in [2.45, 2.75) is 13.5 Å². The highest BCUT2D eigenvalue weighted by Gasteiger charge is 2.44. The van der Waals surface area contributed by atoms with Gasteiger partial charge in [-0.2, -0.15) is 0 Å². The van der Waals surface area contributed by atoms with Gasteiger partial charge >= 0.3 is 8.80 Å². The van der Waals surface area contributed by atoms with Gasteiger partial charge in [-0.05, 0) is 58.2 Å². The molecule has 2 aromatic rings. The molecule has 0 heterocycles. The molecule has 2 aromatic carbocycles. The van der Waals surface area contributed by atoms with Crippen molar-refractivity contribution in [3.63, 3.8) is 0 Å². The quantitative estimate of drug-likeness (QED) is 0.649. The maximum Gasteiger partial charge on any atom is 0.540 e. The molecule has 0 fully saturated rings. The minimum atomic E-state index is -3.08. The monoisotopic (exact) mass is 414 g/mol. The number of hydrogen-bond donors (Lipinski definition) is 0. The fourth-order valence-electron chi connectivity index (χ4n) is 2.47. The van der Waals surface area contributed by atoms with Crippen molar-refractivity contribution in [1.29, 1.82) is 0 Å². The first kappa shape index (κ1) is 19.1. The number of aryl methyl sites for hydroxylation is 1. The lowest BCUT2D eigenvalue weighted by Crippen LogP contribution is -2.55. The Morgan fingerprint density at radius 1 is 1.04 bits per heavy atom. The van der Waals surface area contributed by atoms with Crippen molar-refractivity contribution in [3.8, 4) is 5.75 Å². The summed E-state index contributed by atoms with van der Waals surface area (Å²) in [5.74, 6) is 0.274. The van der Waals surface area contributed by atoms with Gasteiger partial charge in [0.15, 0.2) is 0 Å². The zero-order valence-electron chi connectivity index (χ0n) is 14.1. The Bertz CT molecular complexity index is 699.